The van der Waals surface area contributed by atoms with Crippen LogP contribution in [0.25, 0.3) is 6.08 Å². The van der Waals surface area contributed by atoms with E-state index < -0.39 is 11.8 Å². The fourth-order valence-electron chi connectivity index (χ4n) is 3.03. The standard InChI is InChI=1S/C24H19ClN2O3/c1-16-7-10-19(14-22(16)25)27-24(29)21(23(28)26-27)13-17-8-11-20(12-9-17)30-15-18-5-3-2-4-6-18/h2-14H,15H2,1H3,(H,26,28). The van der Waals surface area contributed by atoms with E-state index in [1.54, 1.807) is 36.4 Å². The summed E-state index contributed by atoms with van der Waals surface area (Å²) < 4.78 is 5.77. The molecular weight excluding hydrogens is 400 g/mol. The average Bonchev–Trinajstić information content (AvgIpc) is 3.04. The van der Waals surface area contributed by atoms with Gasteiger partial charge in [-0.05, 0) is 54.0 Å². The second-order valence-corrected chi connectivity index (χ2v) is 7.32. The third-order valence-corrected chi connectivity index (χ3v) is 5.15. The molecule has 1 N–H and O–H groups in total. The van der Waals surface area contributed by atoms with E-state index in [1.807, 2.05) is 49.4 Å². The van der Waals surface area contributed by atoms with Crippen molar-refractivity contribution < 1.29 is 14.3 Å². The highest BCUT2D eigenvalue weighted by atomic mass is 35.5. The zero-order valence-electron chi connectivity index (χ0n) is 16.3. The Bertz CT molecular complexity index is 1120. The first-order chi connectivity index (χ1) is 14.5. The van der Waals surface area contributed by atoms with Crippen LogP contribution in [-0.2, 0) is 16.2 Å². The zero-order valence-corrected chi connectivity index (χ0v) is 17.0. The van der Waals surface area contributed by atoms with Crippen LogP contribution in [0.1, 0.15) is 16.7 Å². The highest BCUT2D eigenvalue weighted by Crippen LogP contribution is 2.26. The predicted molar refractivity (Wildman–Crippen MR) is 117 cm³/mol. The molecule has 4 rings (SSSR count). The van der Waals surface area contributed by atoms with Gasteiger partial charge in [-0.25, -0.2) is 5.01 Å². The molecule has 0 aliphatic carbocycles. The Hall–Kier alpha value is -3.57. The molecule has 0 atom stereocenters. The molecule has 1 fully saturated rings. The minimum atomic E-state index is -0.457. The maximum atomic E-state index is 12.7. The molecule has 0 saturated carbocycles. The molecule has 5 nitrogen and oxygen atoms in total. The van der Waals surface area contributed by atoms with E-state index in [2.05, 4.69) is 5.43 Å². The van der Waals surface area contributed by atoms with Gasteiger partial charge in [0.1, 0.15) is 17.9 Å². The molecule has 30 heavy (non-hydrogen) atoms. The van der Waals surface area contributed by atoms with Crippen LogP contribution in [0, 0.1) is 6.92 Å². The molecule has 0 aromatic heterocycles. The van der Waals surface area contributed by atoms with Crippen LogP contribution in [0.5, 0.6) is 5.75 Å². The van der Waals surface area contributed by atoms with Crippen LogP contribution in [-0.4, -0.2) is 11.8 Å². The van der Waals surface area contributed by atoms with Crippen LogP contribution in [0.15, 0.2) is 78.4 Å². The molecule has 3 aromatic carbocycles. The van der Waals surface area contributed by atoms with Gasteiger partial charge in [0.05, 0.1) is 5.69 Å². The normalized spacial score (nSPS) is 14.9. The third-order valence-electron chi connectivity index (χ3n) is 4.74. The monoisotopic (exact) mass is 418 g/mol. The number of rotatable bonds is 5. The number of nitrogens with one attached hydrogen (secondary N) is 1. The number of benzene rings is 3. The number of hydrazine groups is 1. The van der Waals surface area contributed by atoms with Crippen LogP contribution < -0.4 is 15.2 Å². The highest BCUT2D eigenvalue weighted by molar-refractivity contribution is 6.33. The molecule has 6 heteroatoms. The molecule has 0 bridgehead atoms. The van der Waals surface area contributed by atoms with Gasteiger partial charge in [0.25, 0.3) is 11.8 Å². The van der Waals surface area contributed by atoms with Crippen molar-refractivity contribution in [3.8, 4) is 5.75 Å². The first-order valence-electron chi connectivity index (χ1n) is 9.41. The Kier molecular flexibility index (Phi) is 5.55. The lowest BCUT2D eigenvalue weighted by molar-refractivity contribution is -0.117. The van der Waals surface area contributed by atoms with Crippen molar-refractivity contribution in [3.63, 3.8) is 0 Å². The molecule has 3 aromatic rings. The Morgan fingerprint density at radius 2 is 1.73 bits per heavy atom. The summed E-state index contributed by atoms with van der Waals surface area (Å²) in [4.78, 5) is 25.1. The fourth-order valence-corrected chi connectivity index (χ4v) is 3.20. The van der Waals surface area contributed by atoms with Crippen molar-refractivity contribution in [1.82, 2.24) is 5.43 Å². The minimum Gasteiger partial charge on any atom is -0.489 e. The van der Waals surface area contributed by atoms with Gasteiger partial charge < -0.3 is 4.74 Å². The summed E-state index contributed by atoms with van der Waals surface area (Å²) in [5.41, 5.74) is 5.85. The summed E-state index contributed by atoms with van der Waals surface area (Å²) in [5, 5.41) is 1.73. The van der Waals surface area contributed by atoms with Crippen molar-refractivity contribution in [1.29, 1.82) is 0 Å². The molecule has 1 aliphatic heterocycles. The molecule has 1 aliphatic rings. The van der Waals surface area contributed by atoms with Crippen LogP contribution in [0.3, 0.4) is 0 Å². The lowest BCUT2D eigenvalue weighted by Gasteiger charge is -2.15. The van der Waals surface area contributed by atoms with E-state index in [1.165, 1.54) is 5.01 Å². The molecule has 1 heterocycles. The number of hydrogen-bond donors (Lipinski definition) is 1. The van der Waals surface area contributed by atoms with Crippen LogP contribution in [0.4, 0.5) is 5.69 Å². The number of amides is 2. The topological polar surface area (TPSA) is 58.6 Å². The van der Waals surface area contributed by atoms with Gasteiger partial charge in [0, 0.05) is 5.02 Å². The second kappa shape index (κ2) is 8.43. The van der Waals surface area contributed by atoms with E-state index in [9.17, 15) is 9.59 Å². The van der Waals surface area contributed by atoms with Crippen LogP contribution in [0.2, 0.25) is 5.02 Å². The third kappa shape index (κ3) is 4.21. The molecule has 0 unspecified atom stereocenters. The van der Waals surface area contributed by atoms with Gasteiger partial charge in [-0.1, -0.05) is 60.1 Å². The van der Waals surface area contributed by atoms with Crippen molar-refractivity contribution in [2.75, 3.05) is 5.01 Å². The molecule has 0 radical (unpaired) electrons. The smallest absolute Gasteiger partial charge is 0.282 e. The Balaban J connectivity index is 1.47. The summed E-state index contributed by atoms with van der Waals surface area (Å²) >= 11 is 6.14. The maximum absolute atomic E-state index is 12.7. The van der Waals surface area contributed by atoms with Gasteiger partial charge in [-0.3, -0.25) is 15.0 Å². The van der Waals surface area contributed by atoms with Crippen molar-refractivity contribution >= 4 is 35.2 Å². The predicted octanol–water partition coefficient (Wildman–Crippen LogP) is 4.69. The molecule has 150 valence electrons. The van der Waals surface area contributed by atoms with Gasteiger partial charge >= 0.3 is 0 Å². The summed E-state index contributed by atoms with van der Waals surface area (Å²) in [6.45, 7) is 2.34. The summed E-state index contributed by atoms with van der Waals surface area (Å²) in [6.07, 6.45) is 1.56. The van der Waals surface area contributed by atoms with E-state index >= 15 is 0 Å². The van der Waals surface area contributed by atoms with Crippen molar-refractivity contribution in [2.24, 2.45) is 0 Å². The minimum absolute atomic E-state index is 0.0599. The maximum Gasteiger partial charge on any atom is 0.282 e. The lowest BCUT2D eigenvalue weighted by Crippen LogP contribution is -2.35. The van der Waals surface area contributed by atoms with E-state index in [0.29, 0.717) is 23.1 Å². The van der Waals surface area contributed by atoms with Gasteiger partial charge in [0.15, 0.2) is 0 Å². The zero-order chi connectivity index (χ0) is 21.1. The summed E-state index contributed by atoms with van der Waals surface area (Å²) in [7, 11) is 0. The number of hydrogen-bond acceptors (Lipinski definition) is 3. The van der Waals surface area contributed by atoms with Gasteiger partial charge in [-0.2, -0.15) is 0 Å². The van der Waals surface area contributed by atoms with Crippen molar-refractivity contribution in [2.45, 2.75) is 13.5 Å². The number of aryl methyl sites for hydroxylation is 1. The SMILES string of the molecule is Cc1ccc(N2NC(=O)C(=Cc3ccc(OCc4ccccc4)cc3)C2=O)cc1Cl. The Morgan fingerprint density at radius 1 is 1.00 bits per heavy atom. The lowest BCUT2D eigenvalue weighted by atomic mass is 10.1. The van der Waals surface area contributed by atoms with E-state index in [-0.39, 0.29) is 5.57 Å². The summed E-state index contributed by atoms with van der Waals surface area (Å²) in [5.74, 6) is -0.176. The fraction of sp³-hybridized carbons (Fsp3) is 0.0833. The highest BCUT2D eigenvalue weighted by Gasteiger charge is 2.34. The Morgan fingerprint density at radius 3 is 2.43 bits per heavy atom. The van der Waals surface area contributed by atoms with Gasteiger partial charge in [0.2, 0.25) is 0 Å². The number of nitrogens with zero attached hydrogens (tertiary/aromatic N) is 1. The Labute approximate surface area is 179 Å². The largest absolute Gasteiger partial charge is 0.489 e. The number of halogens is 1. The number of carbonyl (C=O) groups excluding carboxylic acids is 2. The first kappa shape index (κ1) is 19.7. The number of carbonyl (C=O) groups is 2. The molecule has 1 saturated heterocycles. The number of ether oxygens (including phenoxy) is 1. The van der Waals surface area contributed by atoms with E-state index in [0.717, 1.165) is 16.7 Å². The van der Waals surface area contributed by atoms with Crippen molar-refractivity contribution in [3.05, 3.63) is 100 Å². The summed E-state index contributed by atoms with van der Waals surface area (Å²) in [6, 6.07) is 22.3. The second-order valence-electron chi connectivity index (χ2n) is 6.92. The average molecular weight is 419 g/mol. The first-order valence-corrected chi connectivity index (χ1v) is 9.79. The molecular formula is C24H19ClN2O3. The molecule has 0 spiro atoms. The number of anilines is 1. The quantitative estimate of drug-likeness (QED) is 0.483. The van der Waals surface area contributed by atoms with E-state index in [4.69, 9.17) is 16.3 Å². The molecule has 2 amide bonds. The van der Waals surface area contributed by atoms with Crippen LogP contribution >= 0.6 is 11.6 Å². The van der Waals surface area contributed by atoms with Gasteiger partial charge in [-0.15, -0.1) is 0 Å².